The molecule has 5 nitrogen and oxygen atoms in total. The van der Waals surface area contributed by atoms with E-state index in [2.05, 4.69) is 0 Å². The first-order chi connectivity index (χ1) is 12.1. The van der Waals surface area contributed by atoms with Crippen LogP contribution in [0.1, 0.15) is 33.6 Å². The predicted octanol–water partition coefficient (Wildman–Crippen LogP) is 3.46. The molecule has 0 saturated carbocycles. The third-order valence-corrected chi connectivity index (χ3v) is 4.94. The number of carbonyl (C=O) groups excluding carboxylic acids is 3. The molecule has 1 fully saturated rings. The monoisotopic (exact) mass is 449 g/mol. The molecule has 0 aromatic heterocycles. The zero-order valence-corrected chi connectivity index (χ0v) is 15.6. The minimum absolute atomic E-state index is 0.102. The molecule has 0 radical (unpaired) electrons. The molecule has 1 aliphatic rings. The summed E-state index contributed by atoms with van der Waals surface area (Å²) in [4.78, 5) is 37.7. The van der Waals surface area contributed by atoms with Crippen LogP contribution in [0.4, 0.5) is 5.69 Å². The number of Topliss-reactive ketones (excluding diaryl/α,β-unsaturated/α-hetero) is 1. The van der Waals surface area contributed by atoms with Crippen molar-refractivity contribution in [2.45, 2.75) is 12.8 Å². The molecular weight excluding hydrogens is 433 g/mol. The number of amides is 1. The van der Waals surface area contributed by atoms with Crippen molar-refractivity contribution < 1.29 is 19.1 Å². The molecule has 128 valence electrons. The Labute approximate surface area is 159 Å². The van der Waals surface area contributed by atoms with Crippen LogP contribution in [0.5, 0.6) is 0 Å². The zero-order valence-electron chi connectivity index (χ0n) is 13.4. The number of halogens is 1. The van der Waals surface area contributed by atoms with Gasteiger partial charge in [-0.2, -0.15) is 0 Å². The largest absolute Gasteiger partial charge is 0.454 e. The molecule has 0 atom stereocenters. The first-order valence-corrected chi connectivity index (χ1v) is 8.99. The lowest BCUT2D eigenvalue weighted by atomic mass is 10.1. The van der Waals surface area contributed by atoms with E-state index in [1.54, 1.807) is 47.4 Å². The Morgan fingerprint density at radius 1 is 1.08 bits per heavy atom. The molecule has 1 aliphatic heterocycles. The van der Waals surface area contributed by atoms with E-state index in [1.165, 1.54) is 0 Å². The average molecular weight is 449 g/mol. The van der Waals surface area contributed by atoms with Gasteiger partial charge in [-0.3, -0.25) is 9.59 Å². The number of nitrogens with zero attached hydrogens (tertiary/aromatic N) is 1. The van der Waals surface area contributed by atoms with Crippen LogP contribution in [0.15, 0.2) is 48.5 Å². The third-order valence-electron chi connectivity index (χ3n) is 4.00. The van der Waals surface area contributed by atoms with Crippen molar-refractivity contribution in [3.05, 3.63) is 63.2 Å². The van der Waals surface area contributed by atoms with Gasteiger partial charge in [0.15, 0.2) is 12.4 Å². The van der Waals surface area contributed by atoms with Gasteiger partial charge in [0.2, 0.25) is 5.91 Å². The molecule has 2 aromatic rings. The van der Waals surface area contributed by atoms with Crippen molar-refractivity contribution in [2.24, 2.45) is 0 Å². The van der Waals surface area contributed by atoms with E-state index in [1.807, 2.05) is 28.7 Å². The number of benzene rings is 2. The number of esters is 1. The number of hydrogen-bond acceptors (Lipinski definition) is 4. The van der Waals surface area contributed by atoms with Crippen molar-refractivity contribution in [3.63, 3.8) is 0 Å². The van der Waals surface area contributed by atoms with Gasteiger partial charge in [0.25, 0.3) is 0 Å². The number of ketones is 1. The topological polar surface area (TPSA) is 63.7 Å². The first kappa shape index (κ1) is 17.6. The standard InChI is InChI=1S/C19H16INO4/c20-16-5-2-1-4-15(16)19(24)25-12-17(22)13-7-9-14(10-8-13)21-11-3-6-18(21)23/h1-2,4-5,7-10H,3,6,11-12H2. The van der Waals surface area contributed by atoms with Crippen molar-refractivity contribution >= 4 is 45.9 Å². The van der Waals surface area contributed by atoms with Crippen molar-refractivity contribution in [1.29, 1.82) is 0 Å². The van der Waals surface area contributed by atoms with E-state index in [-0.39, 0.29) is 18.3 Å². The summed E-state index contributed by atoms with van der Waals surface area (Å²) in [6, 6.07) is 13.9. The number of anilines is 1. The Hall–Kier alpha value is -2.22. The molecule has 1 saturated heterocycles. The fourth-order valence-electron chi connectivity index (χ4n) is 2.67. The lowest BCUT2D eigenvalue weighted by Crippen LogP contribution is -2.23. The SMILES string of the molecule is O=C(COC(=O)c1ccccc1I)c1ccc(N2CCCC2=O)cc1. The summed E-state index contributed by atoms with van der Waals surface area (Å²) in [5.74, 6) is -0.693. The molecule has 25 heavy (non-hydrogen) atoms. The predicted molar refractivity (Wildman–Crippen MR) is 102 cm³/mol. The molecule has 2 aromatic carbocycles. The summed E-state index contributed by atoms with van der Waals surface area (Å²) in [5.41, 5.74) is 1.68. The second kappa shape index (κ2) is 7.77. The summed E-state index contributed by atoms with van der Waals surface area (Å²) in [5, 5.41) is 0. The molecule has 0 spiro atoms. The molecule has 0 N–H and O–H groups in total. The van der Waals surface area contributed by atoms with Gasteiger partial charge < -0.3 is 9.64 Å². The summed E-state index contributed by atoms with van der Waals surface area (Å²) < 4.78 is 5.89. The Bertz CT molecular complexity index is 816. The Balaban J connectivity index is 1.61. The summed E-state index contributed by atoms with van der Waals surface area (Å²) in [6.07, 6.45) is 1.42. The van der Waals surface area contributed by atoms with E-state index >= 15 is 0 Å². The fraction of sp³-hybridized carbons (Fsp3) is 0.211. The quantitative estimate of drug-likeness (QED) is 0.399. The number of hydrogen-bond donors (Lipinski definition) is 0. The van der Waals surface area contributed by atoms with Crippen molar-refractivity contribution in [3.8, 4) is 0 Å². The molecule has 0 unspecified atom stereocenters. The van der Waals surface area contributed by atoms with Crippen LogP contribution < -0.4 is 4.90 Å². The second-order valence-electron chi connectivity index (χ2n) is 5.67. The highest BCUT2D eigenvalue weighted by Gasteiger charge is 2.22. The molecule has 1 heterocycles. The number of rotatable bonds is 5. The third kappa shape index (κ3) is 4.07. The van der Waals surface area contributed by atoms with Gasteiger partial charge in [-0.1, -0.05) is 12.1 Å². The van der Waals surface area contributed by atoms with Crippen LogP contribution in [0, 0.1) is 3.57 Å². The highest BCUT2D eigenvalue weighted by molar-refractivity contribution is 14.1. The van der Waals surface area contributed by atoms with E-state index in [0.29, 0.717) is 24.1 Å². The minimum Gasteiger partial charge on any atom is -0.454 e. The summed E-state index contributed by atoms with van der Waals surface area (Å²) in [7, 11) is 0. The van der Waals surface area contributed by atoms with Gasteiger partial charge in [-0.25, -0.2) is 4.79 Å². The van der Waals surface area contributed by atoms with Crippen LogP contribution in [-0.2, 0) is 9.53 Å². The second-order valence-corrected chi connectivity index (χ2v) is 6.84. The molecule has 6 heteroatoms. The van der Waals surface area contributed by atoms with Crippen LogP contribution in [0.3, 0.4) is 0 Å². The molecule has 3 rings (SSSR count). The van der Waals surface area contributed by atoms with Crippen LogP contribution in [0.25, 0.3) is 0 Å². The maximum absolute atomic E-state index is 12.2. The minimum atomic E-state index is -0.516. The number of ether oxygens (including phenoxy) is 1. The smallest absolute Gasteiger partial charge is 0.339 e. The lowest BCUT2D eigenvalue weighted by Gasteiger charge is -2.15. The Morgan fingerprint density at radius 2 is 1.80 bits per heavy atom. The average Bonchev–Trinajstić information content (AvgIpc) is 3.06. The van der Waals surface area contributed by atoms with Crippen LogP contribution in [-0.4, -0.2) is 30.8 Å². The van der Waals surface area contributed by atoms with E-state index in [0.717, 1.165) is 15.7 Å². The van der Waals surface area contributed by atoms with Crippen molar-refractivity contribution in [2.75, 3.05) is 18.1 Å². The fourth-order valence-corrected chi connectivity index (χ4v) is 3.27. The highest BCUT2D eigenvalue weighted by atomic mass is 127. The molecular formula is C19H16INO4. The lowest BCUT2D eigenvalue weighted by molar-refractivity contribution is -0.117. The molecule has 1 amide bonds. The molecule has 0 bridgehead atoms. The van der Waals surface area contributed by atoms with E-state index in [4.69, 9.17) is 4.74 Å². The molecule has 0 aliphatic carbocycles. The van der Waals surface area contributed by atoms with Gasteiger partial charge in [0.05, 0.1) is 5.56 Å². The van der Waals surface area contributed by atoms with Crippen molar-refractivity contribution in [1.82, 2.24) is 0 Å². The Morgan fingerprint density at radius 3 is 2.44 bits per heavy atom. The zero-order chi connectivity index (χ0) is 17.8. The first-order valence-electron chi connectivity index (χ1n) is 7.91. The number of carbonyl (C=O) groups is 3. The van der Waals surface area contributed by atoms with Gasteiger partial charge in [-0.15, -0.1) is 0 Å². The van der Waals surface area contributed by atoms with Gasteiger partial charge in [-0.05, 0) is 65.4 Å². The van der Waals surface area contributed by atoms with Gasteiger partial charge in [0.1, 0.15) is 0 Å². The maximum Gasteiger partial charge on any atom is 0.339 e. The highest BCUT2D eigenvalue weighted by Crippen LogP contribution is 2.21. The van der Waals surface area contributed by atoms with Gasteiger partial charge >= 0.3 is 5.97 Å². The Kier molecular flexibility index (Phi) is 5.47. The maximum atomic E-state index is 12.2. The van der Waals surface area contributed by atoms with Crippen LogP contribution >= 0.6 is 22.6 Å². The van der Waals surface area contributed by atoms with Crippen LogP contribution in [0.2, 0.25) is 0 Å². The normalized spacial score (nSPS) is 13.8. The summed E-state index contributed by atoms with van der Waals surface area (Å²) >= 11 is 2.05. The van der Waals surface area contributed by atoms with E-state index < -0.39 is 5.97 Å². The summed E-state index contributed by atoms with van der Waals surface area (Å²) in [6.45, 7) is 0.394. The van der Waals surface area contributed by atoms with Gasteiger partial charge in [0, 0.05) is 27.8 Å². The van der Waals surface area contributed by atoms with E-state index in [9.17, 15) is 14.4 Å².